The summed E-state index contributed by atoms with van der Waals surface area (Å²) in [6.07, 6.45) is 3.69. The normalized spacial score (nSPS) is 15.1. The third-order valence-electron chi connectivity index (χ3n) is 4.01. The number of rotatable bonds is 5. The molecule has 2 aromatic rings. The van der Waals surface area contributed by atoms with Gasteiger partial charge in [-0.3, -0.25) is 25.1 Å². The van der Waals surface area contributed by atoms with Gasteiger partial charge in [-0.1, -0.05) is 18.0 Å². The molecule has 1 fully saturated rings. The number of anilines is 1. The van der Waals surface area contributed by atoms with Crippen molar-refractivity contribution in [2.75, 3.05) is 18.4 Å². The molecule has 1 N–H and O–H groups in total. The molecule has 2 heterocycles. The van der Waals surface area contributed by atoms with Gasteiger partial charge >= 0.3 is 0 Å². The molecule has 0 aliphatic carbocycles. The third kappa shape index (κ3) is 4.53. The second-order valence-corrected chi connectivity index (χ2v) is 7.12. The number of nitro benzene ring substituents is 1. The first-order valence-electron chi connectivity index (χ1n) is 7.95. The summed E-state index contributed by atoms with van der Waals surface area (Å²) in [5.74, 6) is -0.507. The van der Waals surface area contributed by atoms with Crippen molar-refractivity contribution < 1.29 is 9.72 Å². The fourth-order valence-corrected chi connectivity index (χ4v) is 3.65. The Balaban J connectivity index is 1.67. The van der Waals surface area contributed by atoms with E-state index in [9.17, 15) is 14.9 Å². The fourth-order valence-electron chi connectivity index (χ4n) is 2.75. The predicted octanol–water partition coefficient (Wildman–Crippen LogP) is 3.94. The molecule has 1 aliphatic heterocycles. The molecule has 7 nitrogen and oxygen atoms in total. The van der Waals surface area contributed by atoms with Gasteiger partial charge in [-0.15, -0.1) is 11.3 Å². The van der Waals surface area contributed by atoms with E-state index in [4.69, 9.17) is 11.6 Å². The van der Waals surface area contributed by atoms with Crippen LogP contribution in [0, 0.1) is 10.1 Å². The molecule has 0 spiro atoms. The van der Waals surface area contributed by atoms with Crippen LogP contribution < -0.4 is 5.32 Å². The summed E-state index contributed by atoms with van der Waals surface area (Å²) in [5, 5.41) is 16.1. The van der Waals surface area contributed by atoms with Gasteiger partial charge in [0.25, 0.3) is 11.6 Å². The Kier molecular flexibility index (Phi) is 5.62. The maximum absolute atomic E-state index is 12.3. The van der Waals surface area contributed by atoms with Crippen LogP contribution in [-0.4, -0.2) is 33.8 Å². The van der Waals surface area contributed by atoms with Crippen LogP contribution in [0.2, 0.25) is 5.02 Å². The Hall–Kier alpha value is -2.03. The van der Waals surface area contributed by atoms with Crippen molar-refractivity contribution in [2.45, 2.75) is 25.8 Å². The Morgan fingerprint density at radius 2 is 2.12 bits per heavy atom. The number of amides is 1. The Morgan fingerprint density at radius 3 is 2.84 bits per heavy atom. The minimum Gasteiger partial charge on any atom is -0.298 e. The molecule has 1 saturated heterocycles. The lowest BCUT2D eigenvalue weighted by Gasteiger charge is -2.25. The molecule has 1 aliphatic rings. The second-order valence-electron chi connectivity index (χ2n) is 5.86. The predicted molar refractivity (Wildman–Crippen MR) is 97.3 cm³/mol. The standard InChI is InChI=1S/C16H17ClN4O3S/c17-14-5-4-12(21(23)24)8-13(14)15(22)19-16-18-11(10-25-16)9-20-6-2-1-3-7-20/h4-5,8,10H,1-3,6-7,9H2,(H,18,19,22). The van der Waals surface area contributed by atoms with Gasteiger partial charge < -0.3 is 0 Å². The summed E-state index contributed by atoms with van der Waals surface area (Å²) >= 11 is 7.32. The van der Waals surface area contributed by atoms with Gasteiger partial charge in [0.15, 0.2) is 5.13 Å². The SMILES string of the molecule is O=C(Nc1nc(CN2CCCCC2)cs1)c1cc([N+](=O)[O-])ccc1Cl. The molecule has 9 heteroatoms. The lowest BCUT2D eigenvalue weighted by Crippen LogP contribution is -2.29. The van der Waals surface area contributed by atoms with Crippen LogP contribution in [0.4, 0.5) is 10.8 Å². The fraction of sp³-hybridized carbons (Fsp3) is 0.375. The number of thiazole rings is 1. The number of carbonyl (C=O) groups excluding carboxylic acids is 1. The number of nitro groups is 1. The van der Waals surface area contributed by atoms with Crippen molar-refractivity contribution in [1.29, 1.82) is 0 Å². The van der Waals surface area contributed by atoms with Crippen molar-refractivity contribution in [1.82, 2.24) is 9.88 Å². The van der Waals surface area contributed by atoms with E-state index in [1.54, 1.807) is 0 Å². The molecule has 0 atom stereocenters. The van der Waals surface area contributed by atoms with Crippen molar-refractivity contribution in [3.05, 3.63) is 50.0 Å². The Bertz CT molecular complexity index is 789. The van der Waals surface area contributed by atoms with Crippen LogP contribution in [0.3, 0.4) is 0 Å². The van der Waals surface area contributed by atoms with Gasteiger partial charge in [-0.05, 0) is 32.0 Å². The zero-order valence-corrected chi connectivity index (χ0v) is 15.0. The topological polar surface area (TPSA) is 88.4 Å². The molecular weight excluding hydrogens is 364 g/mol. The van der Waals surface area contributed by atoms with Gasteiger partial charge in [-0.2, -0.15) is 0 Å². The molecule has 0 saturated carbocycles. The van der Waals surface area contributed by atoms with E-state index < -0.39 is 10.8 Å². The highest BCUT2D eigenvalue weighted by Crippen LogP contribution is 2.24. The minimum absolute atomic E-state index is 0.0589. The molecule has 1 aromatic heterocycles. The molecule has 25 heavy (non-hydrogen) atoms. The van der Waals surface area contributed by atoms with Crippen molar-refractivity contribution >= 4 is 39.7 Å². The summed E-state index contributed by atoms with van der Waals surface area (Å²) in [4.78, 5) is 29.4. The average Bonchev–Trinajstić information content (AvgIpc) is 3.02. The minimum atomic E-state index is -0.562. The number of nitrogens with zero attached hydrogens (tertiary/aromatic N) is 3. The van der Waals surface area contributed by atoms with Crippen LogP contribution in [0.15, 0.2) is 23.6 Å². The highest BCUT2D eigenvalue weighted by atomic mass is 35.5. The summed E-state index contributed by atoms with van der Waals surface area (Å²) in [7, 11) is 0. The van der Waals surface area contributed by atoms with E-state index in [0.717, 1.165) is 25.3 Å². The van der Waals surface area contributed by atoms with Gasteiger partial charge in [-0.25, -0.2) is 4.98 Å². The molecule has 1 aromatic carbocycles. The molecule has 0 bridgehead atoms. The highest BCUT2D eigenvalue weighted by Gasteiger charge is 2.18. The molecular formula is C16H17ClN4O3S. The van der Waals surface area contributed by atoms with Crippen LogP contribution in [-0.2, 0) is 6.54 Å². The zero-order valence-electron chi connectivity index (χ0n) is 13.4. The number of halogens is 1. The summed E-state index contributed by atoms with van der Waals surface area (Å²) in [5.41, 5.74) is 0.787. The second kappa shape index (κ2) is 7.90. The number of piperidine rings is 1. The number of aromatic nitrogens is 1. The maximum atomic E-state index is 12.3. The van der Waals surface area contributed by atoms with E-state index in [1.807, 2.05) is 5.38 Å². The molecule has 3 rings (SSSR count). The Labute approximate surface area is 153 Å². The monoisotopic (exact) mass is 380 g/mol. The number of benzene rings is 1. The van der Waals surface area contributed by atoms with Crippen molar-refractivity contribution in [3.63, 3.8) is 0 Å². The van der Waals surface area contributed by atoms with E-state index in [1.165, 1.54) is 48.8 Å². The number of hydrogen-bond acceptors (Lipinski definition) is 6. The summed E-state index contributed by atoms with van der Waals surface area (Å²) in [6, 6.07) is 3.78. The van der Waals surface area contributed by atoms with Crippen LogP contribution in [0.5, 0.6) is 0 Å². The number of carbonyl (C=O) groups is 1. The number of hydrogen-bond donors (Lipinski definition) is 1. The van der Waals surface area contributed by atoms with Crippen LogP contribution >= 0.6 is 22.9 Å². The maximum Gasteiger partial charge on any atom is 0.270 e. The zero-order chi connectivity index (χ0) is 17.8. The van der Waals surface area contributed by atoms with E-state index >= 15 is 0 Å². The van der Waals surface area contributed by atoms with Crippen LogP contribution in [0.25, 0.3) is 0 Å². The van der Waals surface area contributed by atoms with Crippen LogP contribution in [0.1, 0.15) is 35.3 Å². The summed E-state index contributed by atoms with van der Waals surface area (Å²) < 4.78 is 0. The molecule has 1 amide bonds. The quantitative estimate of drug-likeness (QED) is 0.626. The third-order valence-corrected chi connectivity index (χ3v) is 5.15. The van der Waals surface area contributed by atoms with Gasteiger partial charge in [0.2, 0.25) is 0 Å². The lowest BCUT2D eigenvalue weighted by atomic mass is 10.1. The van der Waals surface area contributed by atoms with E-state index in [0.29, 0.717) is 5.13 Å². The number of nitrogens with one attached hydrogen (secondary N) is 1. The largest absolute Gasteiger partial charge is 0.298 e. The van der Waals surface area contributed by atoms with E-state index in [-0.39, 0.29) is 16.3 Å². The first-order chi connectivity index (χ1) is 12.0. The first kappa shape index (κ1) is 17.8. The average molecular weight is 381 g/mol. The van der Waals surface area contributed by atoms with Crippen molar-refractivity contribution in [3.8, 4) is 0 Å². The highest BCUT2D eigenvalue weighted by molar-refractivity contribution is 7.14. The molecule has 132 valence electrons. The smallest absolute Gasteiger partial charge is 0.270 e. The van der Waals surface area contributed by atoms with Crippen molar-refractivity contribution in [2.24, 2.45) is 0 Å². The molecule has 0 unspecified atom stereocenters. The summed E-state index contributed by atoms with van der Waals surface area (Å²) in [6.45, 7) is 2.91. The first-order valence-corrected chi connectivity index (χ1v) is 9.21. The lowest BCUT2D eigenvalue weighted by molar-refractivity contribution is -0.384. The number of non-ortho nitro benzene ring substituents is 1. The number of likely N-dealkylation sites (tertiary alicyclic amines) is 1. The molecule has 0 radical (unpaired) electrons. The van der Waals surface area contributed by atoms with E-state index in [2.05, 4.69) is 15.2 Å². The Morgan fingerprint density at radius 1 is 1.36 bits per heavy atom. The van der Waals surface area contributed by atoms with Gasteiger partial charge in [0.1, 0.15) is 0 Å². The van der Waals surface area contributed by atoms with Gasteiger partial charge in [0.05, 0.1) is 21.2 Å². The van der Waals surface area contributed by atoms with Gasteiger partial charge in [0, 0.05) is 24.1 Å².